The Labute approximate surface area is 129 Å². The maximum atomic E-state index is 12.1. The Bertz CT molecular complexity index is 765. The van der Waals surface area contributed by atoms with Crippen molar-refractivity contribution in [3.05, 3.63) is 54.1 Å². The predicted molar refractivity (Wildman–Crippen MR) is 84.0 cm³/mol. The summed E-state index contributed by atoms with van der Waals surface area (Å²) in [6.07, 6.45) is 0. The van der Waals surface area contributed by atoms with E-state index in [9.17, 15) is 13.2 Å². The average Bonchev–Trinajstić information content (AvgIpc) is 2.47. The van der Waals surface area contributed by atoms with Gasteiger partial charge >= 0.3 is 5.97 Å². The van der Waals surface area contributed by atoms with Gasteiger partial charge in [0.05, 0.1) is 4.90 Å². The van der Waals surface area contributed by atoms with Crippen LogP contribution in [-0.2, 0) is 14.8 Å². The molecule has 0 saturated carbocycles. The zero-order valence-electron chi connectivity index (χ0n) is 12.3. The molecule has 0 spiro atoms. The van der Waals surface area contributed by atoms with Crippen molar-refractivity contribution < 1.29 is 18.3 Å². The lowest BCUT2D eigenvalue weighted by Crippen LogP contribution is -2.38. The molecule has 2 aromatic carbocycles. The Hall–Kier alpha value is -2.18. The van der Waals surface area contributed by atoms with E-state index in [1.54, 1.807) is 12.1 Å². The number of benzene rings is 2. The van der Waals surface area contributed by atoms with Gasteiger partial charge in [-0.05, 0) is 37.1 Å². The molecular formula is C16H17NO4S. The largest absolute Gasteiger partial charge is 0.480 e. The highest BCUT2D eigenvalue weighted by molar-refractivity contribution is 7.89. The molecule has 0 fully saturated rings. The smallest absolute Gasteiger partial charge is 0.321 e. The molecule has 0 amide bonds. The molecule has 0 aliphatic carbocycles. The van der Waals surface area contributed by atoms with E-state index < -0.39 is 22.0 Å². The fourth-order valence-electron chi connectivity index (χ4n) is 1.92. The molecule has 5 nitrogen and oxygen atoms in total. The van der Waals surface area contributed by atoms with Gasteiger partial charge in [0.15, 0.2) is 0 Å². The first-order valence-electron chi connectivity index (χ1n) is 6.72. The van der Waals surface area contributed by atoms with Gasteiger partial charge in [-0.15, -0.1) is 0 Å². The minimum atomic E-state index is -3.84. The van der Waals surface area contributed by atoms with E-state index in [0.717, 1.165) is 16.7 Å². The first-order chi connectivity index (χ1) is 10.3. The number of carbonyl (C=O) groups is 1. The summed E-state index contributed by atoms with van der Waals surface area (Å²) in [5, 5.41) is 8.78. The average molecular weight is 319 g/mol. The van der Waals surface area contributed by atoms with E-state index in [-0.39, 0.29) is 4.90 Å². The van der Waals surface area contributed by atoms with Gasteiger partial charge in [-0.2, -0.15) is 4.72 Å². The van der Waals surface area contributed by atoms with Crippen molar-refractivity contribution >= 4 is 16.0 Å². The number of aryl methyl sites for hydroxylation is 1. The van der Waals surface area contributed by atoms with E-state index >= 15 is 0 Å². The van der Waals surface area contributed by atoms with Crippen molar-refractivity contribution in [3.63, 3.8) is 0 Å². The van der Waals surface area contributed by atoms with Crippen LogP contribution in [-0.4, -0.2) is 25.5 Å². The maximum Gasteiger partial charge on any atom is 0.321 e. The van der Waals surface area contributed by atoms with Crippen LogP contribution in [0.25, 0.3) is 11.1 Å². The molecule has 0 radical (unpaired) electrons. The molecule has 1 atom stereocenters. The van der Waals surface area contributed by atoms with Gasteiger partial charge in [-0.3, -0.25) is 4.79 Å². The number of nitrogens with one attached hydrogen (secondary N) is 1. The molecule has 0 aromatic heterocycles. The summed E-state index contributed by atoms with van der Waals surface area (Å²) in [5.74, 6) is -1.22. The third-order valence-electron chi connectivity index (χ3n) is 3.25. The number of hydrogen-bond donors (Lipinski definition) is 2. The Morgan fingerprint density at radius 3 is 1.91 bits per heavy atom. The standard InChI is InChI=1S/C16H17NO4S/c1-11-3-5-13(6-4-11)14-7-9-15(10-8-14)22(20,21)17-12(2)16(18)19/h3-10,12,17H,1-2H3,(H,18,19). The van der Waals surface area contributed by atoms with E-state index in [4.69, 9.17) is 5.11 Å². The second-order valence-electron chi connectivity index (χ2n) is 5.07. The second-order valence-corrected chi connectivity index (χ2v) is 6.79. The normalized spacial score (nSPS) is 12.8. The van der Waals surface area contributed by atoms with Gasteiger partial charge in [-0.25, -0.2) is 8.42 Å². The van der Waals surface area contributed by atoms with Gasteiger partial charge < -0.3 is 5.11 Å². The minimum absolute atomic E-state index is 0.0384. The first kappa shape index (κ1) is 16.2. The molecular weight excluding hydrogens is 302 g/mol. The van der Waals surface area contributed by atoms with Gasteiger partial charge in [0.2, 0.25) is 10.0 Å². The quantitative estimate of drug-likeness (QED) is 0.886. The SMILES string of the molecule is Cc1ccc(-c2ccc(S(=O)(=O)NC(C)C(=O)O)cc2)cc1. The van der Waals surface area contributed by atoms with Crippen LogP contribution in [0.3, 0.4) is 0 Å². The number of rotatable bonds is 5. The fourth-order valence-corrected chi connectivity index (χ4v) is 3.12. The lowest BCUT2D eigenvalue weighted by Gasteiger charge is -2.10. The molecule has 0 aliphatic rings. The molecule has 2 rings (SSSR count). The summed E-state index contributed by atoms with van der Waals surface area (Å²) in [5.41, 5.74) is 3.03. The first-order valence-corrected chi connectivity index (χ1v) is 8.20. The van der Waals surface area contributed by atoms with Gasteiger partial charge in [-0.1, -0.05) is 42.0 Å². The number of carboxylic acids is 1. The van der Waals surface area contributed by atoms with Crippen molar-refractivity contribution in [2.45, 2.75) is 24.8 Å². The zero-order chi connectivity index (χ0) is 16.3. The Balaban J connectivity index is 2.25. The predicted octanol–water partition coefficient (Wildman–Crippen LogP) is 2.41. The number of hydrogen-bond acceptors (Lipinski definition) is 3. The number of sulfonamides is 1. The molecule has 0 aliphatic heterocycles. The van der Waals surface area contributed by atoms with Crippen LogP contribution in [0.4, 0.5) is 0 Å². The Kier molecular flexibility index (Phi) is 4.63. The van der Waals surface area contributed by atoms with Crippen molar-refractivity contribution in [2.75, 3.05) is 0 Å². The highest BCUT2D eigenvalue weighted by Gasteiger charge is 2.21. The summed E-state index contributed by atoms with van der Waals surface area (Å²) in [6.45, 7) is 3.27. The summed E-state index contributed by atoms with van der Waals surface area (Å²) in [4.78, 5) is 10.8. The minimum Gasteiger partial charge on any atom is -0.480 e. The molecule has 6 heteroatoms. The monoisotopic (exact) mass is 319 g/mol. The van der Waals surface area contributed by atoms with Crippen LogP contribution in [0, 0.1) is 6.92 Å². The van der Waals surface area contributed by atoms with E-state index in [2.05, 4.69) is 4.72 Å². The van der Waals surface area contributed by atoms with Crippen LogP contribution in [0.5, 0.6) is 0 Å². The van der Waals surface area contributed by atoms with Crippen LogP contribution >= 0.6 is 0 Å². The zero-order valence-corrected chi connectivity index (χ0v) is 13.1. The lowest BCUT2D eigenvalue weighted by atomic mass is 10.0. The van der Waals surface area contributed by atoms with Gasteiger partial charge in [0, 0.05) is 0 Å². The fraction of sp³-hybridized carbons (Fsp3) is 0.188. The summed E-state index contributed by atoms with van der Waals surface area (Å²) in [6, 6.07) is 13.0. The maximum absolute atomic E-state index is 12.1. The summed E-state index contributed by atoms with van der Waals surface area (Å²) in [7, 11) is -3.84. The van der Waals surface area contributed by atoms with Crippen LogP contribution in [0.15, 0.2) is 53.4 Å². The van der Waals surface area contributed by atoms with Crippen LogP contribution < -0.4 is 4.72 Å². The van der Waals surface area contributed by atoms with Crippen molar-refractivity contribution in [1.82, 2.24) is 4.72 Å². The highest BCUT2D eigenvalue weighted by atomic mass is 32.2. The van der Waals surface area contributed by atoms with Gasteiger partial charge in [0.25, 0.3) is 0 Å². The van der Waals surface area contributed by atoms with Crippen LogP contribution in [0.2, 0.25) is 0 Å². The van der Waals surface area contributed by atoms with E-state index in [0.29, 0.717) is 0 Å². The molecule has 0 saturated heterocycles. The molecule has 0 bridgehead atoms. The molecule has 2 aromatic rings. The third-order valence-corrected chi connectivity index (χ3v) is 4.81. The summed E-state index contributed by atoms with van der Waals surface area (Å²) < 4.78 is 26.2. The van der Waals surface area contributed by atoms with Crippen molar-refractivity contribution in [1.29, 1.82) is 0 Å². The third kappa shape index (κ3) is 3.72. The van der Waals surface area contributed by atoms with Gasteiger partial charge in [0.1, 0.15) is 6.04 Å². The molecule has 2 N–H and O–H groups in total. The molecule has 1 unspecified atom stereocenters. The van der Waals surface area contributed by atoms with Crippen molar-refractivity contribution in [2.24, 2.45) is 0 Å². The van der Waals surface area contributed by atoms with E-state index in [1.807, 2.05) is 31.2 Å². The Morgan fingerprint density at radius 1 is 1.00 bits per heavy atom. The second kappa shape index (κ2) is 6.29. The topological polar surface area (TPSA) is 83.5 Å². The molecule has 0 heterocycles. The lowest BCUT2D eigenvalue weighted by molar-refractivity contribution is -0.138. The van der Waals surface area contributed by atoms with Crippen molar-refractivity contribution in [3.8, 4) is 11.1 Å². The molecule has 22 heavy (non-hydrogen) atoms. The van der Waals surface area contributed by atoms with Crippen LogP contribution in [0.1, 0.15) is 12.5 Å². The number of aliphatic carboxylic acids is 1. The molecule has 116 valence electrons. The number of carboxylic acid groups (broad SMARTS) is 1. The Morgan fingerprint density at radius 2 is 1.45 bits per heavy atom. The highest BCUT2D eigenvalue weighted by Crippen LogP contribution is 2.21. The van der Waals surface area contributed by atoms with E-state index in [1.165, 1.54) is 19.1 Å². The summed E-state index contributed by atoms with van der Waals surface area (Å²) >= 11 is 0.